The molecule has 0 aliphatic rings. The molecule has 0 fully saturated rings. The van der Waals surface area contributed by atoms with Crippen LogP contribution in [-0.4, -0.2) is 44.3 Å². The molecule has 0 aliphatic carbocycles. The molecule has 1 N–H and O–H groups in total. The first kappa shape index (κ1) is 21.6. The van der Waals surface area contributed by atoms with E-state index in [4.69, 9.17) is 4.74 Å². The zero-order valence-corrected chi connectivity index (χ0v) is 17.0. The number of sulfonamides is 1. The number of amides is 1. The van der Waals surface area contributed by atoms with Crippen molar-refractivity contribution in [2.75, 3.05) is 25.0 Å². The average molecular weight is 404 g/mol. The van der Waals surface area contributed by atoms with E-state index in [0.29, 0.717) is 29.9 Å². The molecule has 0 saturated heterocycles. The van der Waals surface area contributed by atoms with E-state index in [1.807, 2.05) is 0 Å². The fourth-order valence-corrected chi connectivity index (χ4v) is 4.06. The maximum atomic E-state index is 12.5. The molecule has 2 aromatic rings. The van der Waals surface area contributed by atoms with Crippen LogP contribution in [0.3, 0.4) is 0 Å². The predicted molar refractivity (Wildman–Crippen MR) is 107 cm³/mol. The first-order valence-electron chi connectivity index (χ1n) is 9.02. The minimum atomic E-state index is -3.56. The number of anilines is 1. The van der Waals surface area contributed by atoms with E-state index in [1.54, 1.807) is 45.0 Å². The topological polar surface area (TPSA) is 92.8 Å². The minimum absolute atomic E-state index is 0.145. The third-order valence-electron chi connectivity index (χ3n) is 4.11. The summed E-state index contributed by atoms with van der Waals surface area (Å²) in [6.07, 6.45) is 0. The largest absolute Gasteiger partial charge is 0.462 e. The second kappa shape index (κ2) is 9.48. The van der Waals surface area contributed by atoms with E-state index >= 15 is 0 Å². The Morgan fingerprint density at radius 3 is 1.93 bits per heavy atom. The molecule has 0 saturated carbocycles. The molecule has 0 unspecified atom stereocenters. The van der Waals surface area contributed by atoms with Crippen molar-refractivity contribution in [2.24, 2.45) is 0 Å². The fraction of sp³-hybridized carbons (Fsp3) is 0.300. The second-order valence-electron chi connectivity index (χ2n) is 5.87. The van der Waals surface area contributed by atoms with Crippen LogP contribution in [0.25, 0.3) is 0 Å². The number of benzene rings is 2. The van der Waals surface area contributed by atoms with Gasteiger partial charge in [0.1, 0.15) is 0 Å². The van der Waals surface area contributed by atoms with E-state index in [1.165, 1.54) is 28.6 Å². The molecular formula is C20H24N2O5S. The van der Waals surface area contributed by atoms with Crippen LogP contribution in [-0.2, 0) is 14.8 Å². The van der Waals surface area contributed by atoms with Gasteiger partial charge in [-0.05, 0) is 55.5 Å². The van der Waals surface area contributed by atoms with Crippen molar-refractivity contribution >= 4 is 27.6 Å². The molecule has 8 heteroatoms. The lowest BCUT2D eigenvalue weighted by molar-refractivity contribution is 0.0526. The van der Waals surface area contributed by atoms with E-state index in [2.05, 4.69) is 5.32 Å². The summed E-state index contributed by atoms with van der Waals surface area (Å²) in [4.78, 5) is 24.2. The highest BCUT2D eigenvalue weighted by Crippen LogP contribution is 2.17. The summed E-state index contributed by atoms with van der Waals surface area (Å²) in [6, 6.07) is 12.1. The number of carbonyl (C=O) groups is 2. The van der Waals surface area contributed by atoms with Crippen LogP contribution in [0.4, 0.5) is 5.69 Å². The van der Waals surface area contributed by atoms with E-state index < -0.39 is 16.0 Å². The predicted octanol–water partition coefficient (Wildman–Crippen LogP) is 3.15. The van der Waals surface area contributed by atoms with Crippen LogP contribution < -0.4 is 5.32 Å². The number of hydrogen-bond acceptors (Lipinski definition) is 5. The lowest BCUT2D eigenvalue weighted by Gasteiger charge is -2.18. The van der Waals surface area contributed by atoms with Crippen molar-refractivity contribution in [2.45, 2.75) is 25.7 Å². The molecule has 7 nitrogen and oxygen atoms in total. The van der Waals surface area contributed by atoms with Gasteiger partial charge in [-0.1, -0.05) is 13.8 Å². The molecule has 0 bridgehead atoms. The van der Waals surface area contributed by atoms with E-state index in [9.17, 15) is 18.0 Å². The van der Waals surface area contributed by atoms with Crippen LogP contribution in [0, 0.1) is 0 Å². The lowest BCUT2D eigenvalue weighted by Crippen LogP contribution is -2.30. The van der Waals surface area contributed by atoms with Crippen LogP contribution in [0.2, 0.25) is 0 Å². The van der Waals surface area contributed by atoms with E-state index in [-0.39, 0.29) is 17.4 Å². The van der Waals surface area contributed by atoms with Gasteiger partial charge in [0, 0.05) is 24.3 Å². The molecule has 0 radical (unpaired) electrons. The van der Waals surface area contributed by atoms with Crippen molar-refractivity contribution in [3.8, 4) is 0 Å². The summed E-state index contributed by atoms with van der Waals surface area (Å²) >= 11 is 0. The van der Waals surface area contributed by atoms with Gasteiger partial charge in [-0.3, -0.25) is 4.79 Å². The van der Waals surface area contributed by atoms with Gasteiger partial charge in [0.15, 0.2) is 0 Å². The van der Waals surface area contributed by atoms with E-state index in [0.717, 1.165) is 0 Å². The number of hydrogen-bond donors (Lipinski definition) is 1. The molecule has 2 rings (SSSR count). The summed E-state index contributed by atoms with van der Waals surface area (Å²) in [7, 11) is -3.56. The monoisotopic (exact) mass is 404 g/mol. The lowest BCUT2D eigenvalue weighted by atomic mass is 10.2. The Kier molecular flexibility index (Phi) is 7.31. The van der Waals surface area contributed by atoms with Crippen LogP contribution in [0.1, 0.15) is 41.5 Å². The van der Waals surface area contributed by atoms with Crippen LogP contribution in [0.15, 0.2) is 53.4 Å². The van der Waals surface area contributed by atoms with Gasteiger partial charge in [-0.2, -0.15) is 4.31 Å². The summed E-state index contributed by atoms with van der Waals surface area (Å²) in [5, 5.41) is 2.71. The summed E-state index contributed by atoms with van der Waals surface area (Å²) in [5.74, 6) is -0.805. The number of nitrogens with one attached hydrogen (secondary N) is 1. The Morgan fingerprint density at radius 2 is 1.43 bits per heavy atom. The number of carbonyl (C=O) groups excluding carboxylic acids is 2. The second-order valence-corrected chi connectivity index (χ2v) is 7.80. The zero-order valence-electron chi connectivity index (χ0n) is 16.1. The van der Waals surface area contributed by atoms with Crippen molar-refractivity contribution < 1.29 is 22.7 Å². The molecule has 0 aromatic heterocycles. The molecule has 2 aromatic carbocycles. The minimum Gasteiger partial charge on any atom is -0.462 e. The molecule has 0 heterocycles. The number of esters is 1. The van der Waals surface area contributed by atoms with Gasteiger partial charge in [-0.15, -0.1) is 0 Å². The third-order valence-corrected chi connectivity index (χ3v) is 6.18. The quantitative estimate of drug-likeness (QED) is 0.682. The third kappa shape index (κ3) is 4.96. The maximum Gasteiger partial charge on any atom is 0.338 e. The van der Waals surface area contributed by atoms with Crippen molar-refractivity contribution in [3.05, 3.63) is 59.7 Å². The Balaban J connectivity index is 2.10. The van der Waals surface area contributed by atoms with Crippen LogP contribution in [0.5, 0.6) is 0 Å². The first-order valence-corrected chi connectivity index (χ1v) is 10.5. The highest BCUT2D eigenvalue weighted by atomic mass is 32.2. The Morgan fingerprint density at radius 1 is 0.893 bits per heavy atom. The summed E-state index contributed by atoms with van der Waals surface area (Å²) in [6.45, 7) is 6.32. The Bertz CT molecular complexity index is 918. The molecule has 0 atom stereocenters. The average Bonchev–Trinajstić information content (AvgIpc) is 2.69. The fourth-order valence-electron chi connectivity index (χ4n) is 2.60. The summed E-state index contributed by atoms with van der Waals surface area (Å²) < 4.78 is 31.2. The maximum absolute atomic E-state index is 12.5. The van der Waals surface area contributed by atoms with Gasteiger partial charge in [0.2, 0.25) is 10.0 Å². The zero-order chi connectivity index (χ0) is 20.7. The number of rotatable bonds is 8. The van der Waals surface area contributed by atoms with Gasteiger partial charge in [-0.25, -0.2) is 13.2 Å². The highest BCUT2D eigenvalue weighted by Gasteiger charge is 2.21. The smallest absolute Gasteiger partial charge is 0.338 e. The number of ether oxygens (including phenoxy) is 1. The molecule has 28 heavy (non-hydrogen) atoms. The SMILES string of the molecule is CCOC(=O)c1ccc(NC(=O)c2ccc(S(=O)(=O)N(CC)CC)cc2)cc1. The molecule has 0 aliphatic heterocycles. The van der Waals surface area contributed by atoms with Gasteiger partial charge >= 0.3 is 5.97 Å². The first-order chi connectivity index (χ1) is 13.3. The number of nitrogens with zero attached hydrogens (tertiary/aromatic N) is 1. The standard InChI is InChI=1S/C20H24N2O5S/c1-4-22(5-2)28(25,26)18-13-9-15(10-14-18)19(23)21-17-11-7-16(8-12-17)20(24)27-6-3/h7-14H,4-6H2,1-3H3,(H,21,23). The van der Waals surface area contributed by atoms with Gasteiger partial charge < -0.3 is 10.1 Å². The molecule has 150 valence electrons. The normalized spacial score (nSPS) is 11.3. The van der Waals surface area contributed by atoms with Gasteiger partial charge in [0.25, 0.3) is 5.91 Å². The van der Waals surface area contributed by atoms with Gasteiger partial charge in [0.05, 0.1) is 17.1 Å². The van der Waals surface area contributed by atoms with Crippen molar-refractivity contribution in [1.29, 1.82) is 0 Å². The Labute approximate surface area is 165 Å². The van der Waals surface area contributed by atoms with Crippen molar-refractivity contribution in [1.82, 2.24) is 4.31 Å². The molecule has 0 spiro atoms. The van der Waals surface area contributed by atoms with Crippen molar-refractivity contribution in [3.63, 3.8) is 0 Å². The van der Waals surface area contributed by atoms with Crippen LogP contribution >= 0.6 is 0 Å². The molecular weight excluding hydrogens is 380 g/mol. The highest BCUT2D eigenvalue weighted by molar-refractivity contribution is 7.89. The summed E-state index contributed by atoms with van der Waals surface area (Å²) in [5.41, 5.74) is 1.23. The Hall–Kier alpha value is -2.71. The molecule has 1 amide bonds.